The summed E-state index contributed by atoms with van der Waals surface area (Å²) in [5.74, 6) is 2.45. The molecule has 0 spiro atoms. The van der Waals surface area contributed by atoms with Gasteiger partial charge in [0.15, 0.2) is 0 Å². The Kier molecular flexibility index (Phi) is 12.9. The third kappa shape index (κ3) is 10.8. The van der Waals surface area contributed by atoms with Gasteiger partial charge in [-0.3, -0.25) is 9.59 Å². The van der Waals surface area contributed by atoms with Crippen molar-refractivity contribution in [2.75, 3.05) is 5.32 Å². The van der Waals surface area contributed by atoms with E-state index in [-0.39, 0.29) is 23.8 Å². The first-order valence-corrected chi connectivity index (χ1v) is 15.3. The lowest BCUT2D eigenvalue weighted by Gasteiger charge is -2.39. The Morgan fingerprint density at radius 2 is 1.49 bits per heavy atom. The van der Waals surface area contributed by atoms with Crippen LogP contribution in [0.2, 0.25) is 0 Å². The minimum atomic E-state index is -0.976. The number of hydrogen-bond acceptors (Lipinski definition) is 4. The fraction of sp³-hybridized carbons (Fsp3) is 0.528. The van der Waals surface area contributed by atoms with Crippen LogP contribution in [0.4, 0.5) is 10.5 Å². The summed E-state index contributed by atoms with van der Waals surface area (Å²) in [7, 11) is 0. The first-order chi connectivity index (χ1) is 20.0. The Bertz CT molecular complexity index is 1260. The van der Waals surface area contributed by atoms with Crippen LogP contribution < -0.4 is 10.6 Å². The van der Waals surface area contributed by atoms with Gasteiger partial charge in [-0.25, -0.2) is 4.79 Å². The number of terminal acetylenes is 1. The third-order valence-corrected chi connectivity index (χ3v) is 7.24. The lowest BCUT2D eigenvalue weighted by molar-refractivity contribution is -0.144. The van der Waals surface area contributed by atoms with Gasteiger partial charge in [-0.05, 0) is 101 Å². The van der Waals surface area contributed by atoms with Gasteiger partial charge in [-0.15, -0.1) is 6.42 Å². The molecule has 0 bridgehead atoms. The van der Waals surface area contributed by atoms with E-state index in [1.165, 1.54) is 0 Å². The topological polar surface area (TPSA) is 87.7 Å². The zero-order chi connectivity index (χ0) is 32.5. The molecule has 2 rings (SSSR count). The standard InChI is InChI=1S/C36H51N3O4/c1-12-28-18-20-29(21-19-28)32(33(40)38-31-25(6)14-13-15-26(31)7)39(27(8)17-16-23(2)3)34(41)30(22-24(4)5)37-35(42)43-36(9,10)11/h1,13-15,18-21,23-24,27,30,32H,16-17,22H2,2-11H3,(H,37,42)(H,38,40). The highest BCUT2D eigenvalue weighted by Crippen LogP contribution is 2.31. The third-order valence-electron chi connectivity index (χ3n) is 7.24. The molecule has 7 heteroatoms. The molecule has 7 nitrogen and oxygen atoms in total. The molecular formula is C36H51N3O4. The van der Waals surface area contributed by atoms with E-state index >= 15 is 0 Å². The van der Waals surface area contributed by atoms with Crippen molar-refractivity contribution in [3.8, 4) is 12.3 Å². The number of amides is 3. The smallest absolute Gasteiger partial charge is 0.408 e. The van der Waals surface area contributed by atoms with Crippen LogP contribution in [-0.4, -0.2) is 40.5 Å². The Morgan fingerprint density at radius 3 is 1.98 bits per heavy atom. The van der Waals surface area contributed by atoms with Gasteiger partial charge in [0.1, 0.15) is 17.7 Å². The quantitative estimate of drug-likeness (QED) is 0.250. The summed E-state index contributed by atoms with van der Waals surface area (Å²) < 4.78 is 5.52. The Morgan fingerprint density at radius 1 is 0.907 bits per heavy atom. The van der Waals surface area contributed by atoms with Crippen LogP contribution in [0.1, 0.15) is 103 Å². The van der Waals surface area contributed by atoms with E-state index < -0.39 is 23.8 Å². The van der Waals surface area contributed by atoms with Gasteiger partial charge in [0.25, 0.3) is 5.91 Å². The van der Waals surface area contributed by atoms with Gasteiger partial charge < -0.3 is 20.3 Å². The van der Waals surface area contributed by atoms with Crippen LogP contribution in [0, 0.1) is 38.0 Å². The maximum absolute atomic E-state index is 14.6. The highest BCUT2D eigenvalue weighted by Gasteiger charge is 2.39. The number of carbonyl (C=O) groups is 3. The van der Waals surface area contributed by atoms with Gasteiger partial charge in [0.2, 0.25) is 5.91 Å². The van der Waals surface area contributed by atoms with E-state index in [9.17, 15) is 14.4 Å². The van der Waals surface area contributed by atoms with Gasteiger partial charge >= 0.3 is 6.09 Å². The molecule has 0 saturated heterocycles. The predicted octanol–water partition coefficient (Wildman–Crippen LogP) is 7.56. The SMILES string of the molecule is C#Cc1ccc(C(C(=O)Nc2c(C)cccc2C)N(C(=O)C(CC(C)C)NC(=O)OC(C)(C)C)C(C)CCC(C)C)cc1. The number of anilines is 1. The largest absolute Gasteiger partial charge is 0.444 e. The fourth-order valence-corrected chi connectivity index (χ4v) is 5.04. The van der Waals surface area contributed by atoms with Crippen molar-refractivity contribution >= 4 is 23.6 Å². The molecule has 3 atom stereocenters. The second kappa shape index (κ2) is 15.6. The summed E-state index contributed by atoms with van der Waals surface area (Å²) >= 11 is 0. The molecule has 0 radical (unpaired) electrons. The van der Waals surface area contributed by atoms with Gasteiger partial charge in [-0.2, -0.15) is 0 Å². The van der Waals surface area contributed by atoms with Crippen molar-refractivity contribution in [3.05, 3.63) is 64.7 Å². The van der Waals surface area contributed by atoms with Crippen LogP contribution in [0.25, 0.3) is 0 Å². The second-order valence-corrected chi connectivity index (χ2v) is 13.3. The summed E-state index contributed by atoms with van der Waals surface area (Å²) in [6.45, 7) is 19.4. The Balaban J connectivity index is 2.69. The molecule has 0 aromatic heterocycles. The first kappa shape index (κ1) is 35.4. The van der Waals surface area contributed by atoms with Gasteiger partial charge in [-0.1, -0.05) is 63.9 Å². The first-order valence-electron chi connectivity index (χ1n) is 15.3. The molecule has 0 fully saturated rings. The number of benzene rings is 2. The highest BCUT2D eigenvalue weighted by atomic mass is 16.6. The number of carbonyl (C=O) groups excluding carboxylic acids is 3. The molecule has 234 valence electrons. The predicted molar refractivity (Wildman–Crippen MR) is 175 cm³/mol. The summed E-state index contributed by atoms with van der Waals surface area (Å²) in [6.07, 6.45) is 6.88. The molecule has 0 aliphatic heterocycles. The maximum Gasteiger partial charge on any atom is 0.408 e. The number of nitrogens with zero attached hydrogens (tertiary/aromatic N) is 1. The van der Waals surface area contributed by atoms with Crippen molar-refractivity contribution in [2.24, 2.45) is 11.8 Å². The van der Waals surface area contributed by atoms with Crippen LogP contribution in [0.3, 0.4) is 0 Å². The number of para-hydroxylation sites is 1. The highest BCUT2D eigenvalue weighted by molar-refractivity contribution is 6.00. The van der Waals surface area contributed by atoms with Crippen molar-refractivity contribution in [1.82, 2.24) is 10.2 Å². The molecule has 0 heterocycles. The molecule has 3 amide bonds. The molecule has 0 aliphatic carbocycles. The lowest BCUT2D eigenvalue weighted by atomic mass is 9.94. The number of nitrogens with one attached hydrogen (secondary N) is 2. The van der Waals surface area contributed by atoms with Crippen LogP contribution in [0.5, 0.6) is 0 Å². The van der Waals surface area contributed by atoms with Crippen LogP contribution >= 0.6 is 0 Å². The Hall–Kier alpha value is -3.79. The zero-order valence-electron chi connectivity index (χ0n) is 27.7. The summed E-state index contributed by atoms with van der Waals surface area (Å²) in [5.41, 5.74) is 3.13. The minimum Gasteiger partial charge on any atom is -0.444 e. The summed E-state index contributed by atoms with van der Waals surface area (Å²) in [6, 6.07) is 10.8. The van der Waals surface area contributed by atoms with E-state index in [1.807, 2.05) is 52.8 Å². The molecule has 0 saturated carbocycles. The van der Waals surface area contributed by atoms with E-state index in [4.69, 9.17) is 11.2 Å². The molecular weight excluding hydrogens is 538 g/mol. The number of hydrogen-bond donors (Lipinski definition) is 2. The summed E-state index contributed by atoms with van der Waals surface area (Å²) in [5, 5.41) is 5.95. The van der Waals surface area contributed by atoms with E-state index in [1.54, 1.807) is 49.9 Å². The summed E-state index contributed by atoms with van der Waals surface area (Å²) in [4.78, 5) is 43.6. The average Bonchev–Trinajstić information content (AvgIpc) is 2.90. The lowest BCUT2D eigenvalue weighted by Crippen LogP contribution is -2.55. The molecule has 0 aliphatic rings. The van der Waals surface area contributed by atoms with E-state index in [0.717, 1.165) is 17.5 Å². The second-order valence-electron chi connectivity index (χ2n) is 13.3. The number of ether oxygens (including phenoxy) is 1. The van der Waals surface area contributed by atoms with Crippen LogP contribution in [0.15, 0.2) is 42.5 Å². The van der Waals surface area contributed by atoms with Crippen molar-refractivity contribution in [1.29, 1.82) is 0 Å². The molecule has 43 heavy (non-hydrogen) atoms. The Labute approximate surface area is 259 Å². The number of aryl methyl sites for hydroxylation is 2. The van der Waals surface area contributed by atoms with Crippen molar-refractivity contribution in [3.63, 3.8) is 0 Å². The molecule has 2 aromatic carbocycles. The fourth-order valence-electron chi connectivity index (χ4n) is 5.04. The van der Waals surface area contributed by atoms with Crippen molar-refractivity contribution in [2.45, 2.75) is 112 Å². The number of alkyl carbamates (subject to hydrolysis) is 1. The monoisotopic (exact) mass is 589 g/mol. The molecule has 3 unspecified atom stereocenters. The average molecular weight is 590 g/mol. The normalized spacial score (nSPS) is 13.6. The zero-order valence-corrected chi connectivity index (χ0v) is 27.7. The minimum absolute atomic E-state index is 0.0912. The molecule has 2 aromatic rings. The van der Waals surface area contributed by atoms with Gasteiger partial charge in [0, 0.05) is 17.3 Å². The van der Waals surface area contributed by atoms with Crippen LogP contribution in [-0.2, 0) is 14.3 Å². The van der Waals surface area contributed by atoms with Gasteiger partial charge in [0.05, 0.1) is 0 Å². The van der Waals surface area contributed by atoms with Crippen molar-refractivity contribution < 1.29 is 19.1 Å². The van der Waals surface area contributed by atoms with E-state index in [2.05, 4.69) is 30.4 Å². The number of rotatable bonds is 12. The maximum atomic E-state index is 14.6. The molecule has 2 N–H and O–H groups in total. The van der Waals surface area contributed by atoms with E-state index in [0.29, 0.717) is 35.6 Å².